The summed E-state index contributed by atoms with van der Waals surface area (Å²) in [4.78, 5) is 11.1. The number of hydrogen-bond acceptors (Lipinski definition) is 2. The molecule has 0 amide bonds. The van der Waals surface area contributed by atoms with Crippen LogP contribution in [0.5, 0.6) is 5.75 Å². The molecule has 0 bridgehead atoms. The predicted octanol–water partition coefficient (Wildman–Crippen LogP) is 3.79. The molecule has 0 aliphatic rings. The van der Waals surface area contributed by atoms with Crippen LogP contribution in [-0.2, 0) is 0 Å². The molecule has 0 aromatic heterocycles. The minimum Gasteiger partial charge on any atom is -0.496 e. The molecule has 0 N–H and O–H groups in total. The molecule has 0 unspecified atom stereocenters. The van der Waals surface area contributed by atoms with Gasteiger partial charge in [0.15, 0.2) is 6.29 Å². The van der Waals surface area contributed by atoms with Crippen molar-refractivity contribution in [3.05, 3.63) is 53.1 Å². The molecule has 0 radical (unpaired) electrons. The molecule has 0 saturated heterocycles. The van der Waals surface area contributed by atoms with Crippen molar-refractivity contribution in [2.45, 2.75) is 13.8 Å². The van der Waals surface area contributed by atoms with Gasteiger partial charge in [0.2, 0.25) is 0 Å². The van der Waals surface area contributed by atoms with Crippen molar-refractivity contribution in [2.75, 3.05) is 7.11 Å². The Labute approximate surface area is 107 Å². The molecule has 2 nitrogen and oxygen atoms in total. The zero-order valence-electron chi connectivity index (χ0n) is 10.9. The van der Waals surface area contributed by atoms with Gasteiger partial charge in [0.05, 0.1) is 7.11 Å². The Bertz CT molecular complexity index is 586. The van der Waals surface area contributed by atoms with Crippen molar-refractivity contribution in [3.63, 3.8) is 0 Å². The summed E-state index contributed by atoms with van der Waals surface area (Å²) in [7, 11) is 1.67. The van der Waals surface area contributed by atoms with Gasteiger partial charge in [0, 0.05) is 5.56 Å². The lowest BCUT2D eigenvalue weighted by Gasteiger charge is -2.13. The summed E-state index contributed by atoms with van der Waals surface area (Å²) >= 11 is 0. The third kappa shape index (κ3) is 2.02. The number of methoxy groups -OCH3 is 1. The average Bonchev–Trinajstić information content (AvgIpc) is 2.42. The van der Waals surface area contributed by atoms with E-state index >= 15 is 0 Å². The van der Waals surface area contributed by atoms with Crippen molar-refractivity contribution in [1.29, 1.82) is 0 Å². The monoisotopic (exact) mass is 240 g/mol. The van der Waals surface area contributed by atoms with Gasteiger partial charge in [-0.05, 0) is 42.2 Å². The zero-order chi connectivity index (χ0) is 13.1. The molecule has 2 aromatic carbocycles. The van der Waals surface area contributed by atoms with Gasteiger partial charge in [-0.15, -0.1) is 0 Å². The molecule has 0 aliphatic heterocycles. The van der Waals surface area contributed by atoms with Crippen molar-refractivity contribution in [3.8, 4) is 16.9 Å². The summed E-state index contributed by atoms with van der Waals surface area (Å²) in [6.07, 6.45) is 0.897. The maximum Gasteiger partial charge on any atom is 0.150 e. The van der Waals surface area contributed by atoms with Crippen molar-refractivity contribution in [2.24, 2.45) is 0 Å². The van der Waals surface area contributed by atoms with Crippen LogP contribution in [0.4, 0.5) is 0 Å². The highest BCUT2D eigenvalue weighted by atomic mass is 16.5. The lowest BCUT2D eigenvalue weighted by molar-refractivity contribution is 0.112. The summed E-state index contributed by atoms with van der Waals surface area (Å²) in [5.74, 6) is 0.875. The minimum absolute atomic E-state index is 0.713. The van der Waals surface area contributed by atoms with Crippen LogP contribution in [0.1, 0.15) is 21.5 Å². The van der Waals surface area contributed by atoms with Crippen molar-refractivity contribution < 1.29 is 9.53 Å². The maximum atomic E-state index is 11.1. The van der Waals surface area contributed by atoms with E-state index in [4.69, 9.17) is 4.74 Å². The van der Waals surface area contributed by atoms with E-state index < -0.39 is 0 Å². The fourth-order valence-electron chi connectivity index (χ4n) is 2.15. The largest absolute Gasteiger partial charge is 0.496 e. The average molecular weight is 240 g/mol. The lowest BCUT2D eigenvalue weighted by Crippen LogP contribution is -1.95. The summed E-state index contributed by atoms with van der Waals surface area (Å²) in [6.45, 7) is 4.08. The first-order chi connectivity index (χ1) is 8.69. The third-order valence-corrected chi connectivity index (χ3v) is 3.34. The number of ether oxygens (including phenoxy) is 1. The van der Waals surface area contributed by atoms with Crippen LogP contribution in [0.25, 0.3) is 11.1 Å². The van der Waals surface area contributed by atoms with Gasteiger partial charge >= 0.3 is 0 Å². The number of aldehydes is 1. The SMILES string of the molecule is COc1ccc(-c2ccccc2C=O)c(C)c1C. The Morgan fingerprint density at radius 3 is 2.33 bits per heavy atom. The first kappa shape index (κ1) is 12.4. The third-order valence-electron chi connectivity index (χ3n) is 3.34. The highest BCUT2D eigenvalue weighted by Crippen LogP contribution is 2.32. The summed E-state index contributed by atoms with van der Waals surface area (Å²) in [5.41, 5.74) is 5.01. The normalized spacial score (nSPS) is 10.2. The molecule has 2 rings (SSSR count). The number of carbonyl (C=O) groups excluding carboxylic acids is 1. The molecule has 92 valence electrons. The lowest BCUT2D eigenvalue weighted by atomic mass is 9.93. The summed E-state index contributed by atoms with van der Waals surface area (Å²) in [6, 6.07) is 11.6. The van der Waals surface area contributed by atoms with E-state index in [9.17, 15) is 4.79 Å². The Hall–Kier alpha value is -2.09. The number of hydrogen-bond donors (Lipinski definition) is 0. The first-order valence-corrected chi connectivity index (χ1v) is 5.87. The van der Waals surface area contributed by atoms with E-state index in [1.54, 1.807) is 7.11 Å². The molecule has 0 fully saturated rings. The number of benzene rings is 2. The van der Waals surface area contributed by atoms with Gasteiger partial charge in [-0.25, -0.2) is 0 Å². The van der Waals surface area contributed by atoms with Crippen LogP contribution in [0.3, 0.4) is 0 Å². The van der Waals surface area contributed by atoms with Crippen LogP contribution in [-0.4, -0.2) is 13.4 Å². The van der Waals surface area contributed by atoms with Crippen molar-refractivity contribution in [1.82, 2.24) is 0 Å². The summed E-state index contributed by atoms with van der Waals surface area (Å²) in [5, 5.41) is 0. The van der Waals surface area contributed by atoms with Crippen LogP contribution in [0.2, 0.25) is 0 Å². The molecule has 0 atom stereocenters. The number of rotatable bonds is 3. The molecule has 2 aromatic rings. The van der Waals surface area contributed by atoms with E-state index in [1.165, 1.54) is 0 Å². The Kier molecular flexibility index (Phi) is 3.47. The van der Waals surface area contributed by atoms with E-state index in [2.05, 4.69) is 6.92 Å². The molecular formula is C16H16O2. The zero-order valence-corrected chi connectivity index (χ0v) is 10.9. The fourth-order valence-corrected chi connectivity index (χ4v) is 2.15. The standard InChI is InChI=1S/C16H16O2/c1-11-12(2)16(18-3)9-8-14(11)15-7-5-4-6-13(15)10-17/h4-10H,1-3H3. The van der Waals surface area contributed by atoms with Crippen LogP contribution in [0, 0.1) is 13.8 Å². The Morgan fingerprint density at radius 1 is 0.944 bits per heavy atom. The maximum absolute atomic E-state index is 11.1. The van der Waals surface area contributed by atoms with Gasteiger partial charge < -0.3 is 4.74 Å². The topological polar surface area (TPSA) is 26.3 Å². The van der Waals surface area contributed by atoms with E-state index in [-0.39, 0.29) is 0 Å². The minimum atomic E-state index is 0.713. The molecule has 0 heterocycles. The molecule has 0 aliphatic carbocycles. The van der Waals surface area contributed by atoms with Crippen LogP contribution in [0.15, 0.2) is 36.4 Å². The van der Waals surface area contributed by atoms with Crippen LogP contribution < -0.4 is 4.74 Å². The van der Waals surface area contributed by atoms with Gasteiger partial charge in [-0.2, -0.15) is 0 Å². The second kappa shape index (κ2) is 5.05. The van der Waals surface area contributed by atoms with E-state index in [0.717, 1.165) is 34.3 Å². The quantitative estimate of drug-likeness (QED) is 0.763. The van der Waals surface area contributed by atoms with Gasteiger partial charge in [0.1, 0.15) is 5.75 Å². The Morgan fingerprint density at radius 2 is 1.67 bits per heavy atom. The highest BCUT2D eigenvalue weighted by Gasteiger charge is 2.10. The predicted molar refractivity (Wildman–Crippen MR) is 73.3 cm³/mol. The molecule has 0 spiro atoms. The second-order valence-corrected chi connectivity index (χ2v) is 4.27. The summed E-state index contributed by atoms with van der Waals surface area (Å²) < 4.78 is 5.30. The molecule has 2 heteroatoms. The Balaban J connectivity index is 2.65. The molecule has 18 heavy (non-hydrogen) atoms. The van der Waals surface area contributed by atoms with E-state index in [0.29, 0.717) is 5.56 Å². The fraction of sp³-hybridized carbons (Fsp3) is 0.188. The van der Waals surface area contributed by atoms with Gasteiger partial charge in [-0.3, -0.25) is 4.79 Å². The highest BCUT2D eigenvalue weighted by molar-refractivity contribution is 5.88. The second-order valence-electron chi connectivity index (χ2n) is 4.27. The molecule has 0 saturated carbocycles. The van der Waals surface area contributed by atoms with Crippen molar-refractivity contribution >= 4 is 6.29 Å². The van der Waals surface area contributed by atoms with Gasteiger partial charge in [0.25, 0.3) is 0 Å². The smallest absolute Gasteiger partial charge is 0.150 e. The molecular weight excluding hydrogens is 224 g/mol. The number of carbonyl (C=O) groups is 1. The first-order valence-electron chi connectivity index (χ1n) is 5.87. The van der Waals surface area contributed by atoms with Crippen LogP contribution >= 0.6 is 0 Å². The van der Waals surface area contributed by atoms with Gasteiger partial charge in [-0.1, -0.05) is 30.3 Å². The van der Waals surface area contributed by atoms with E-state index in [1.807, 2.05) is 43.3 Å².